The Balaban J connectivity index is 2.04. The Morgan fingerprint density at radius 2 is 1.55 bits per heavy atom. The molecule has 0 aromatic heterocycles. The van der Waals surface area contributed by atoms with Gasteiger partial charge in [0.1, 0.15) is 12.1 Å². The number of esters is 1. The zero-order valence-corrected chi connectivity index (χ0v) is 22.8. The van der Waals surface area contributed by atoms with Crippen LogP contribution in [0.1, 0.15) is 46.1 Å². The molecule has 0 spiro atoms. The first-order valence-electron chi connectivity index (χ1n) is 12.9. The molecule has 9 heteroatoms. The molecule has 2 rings (SSSR count). The minimum Gasteiger partial charge on any atom is -0.467 e. The number of methoxy groups -OCH3 is 1. The summed E-state index contributed by atoms with van der Waals surface area (Å²) >= 11 is 0. The second-order valence-electron chi connectivity index (χ2n) is 10.2. The SMILES string of the molecule is COC(=O)[C@H](Cc1ccccc1)NC(=O)C[C@H](O)[C@H](CC(C)C)NC(=O)[C@@H](NC(=O)[C]1[CH][CH][CH][CH]1)C(C)C. The number of carbonyl (C=O) groups is 4. The van der Waals surface area contributed by atoms with Crippen molar-refractivity contribution in [2.24, 2.45) is 11.8 Å². The molecule has 38 heavy (non-hydrogen) atoms. The predicted molar refractivity (Wildman–Crippen MR) is 143 cm³/mol. The molecule has 0 bridgehead atoms. The van der Waals surface area contributed by atoms with Crippen LogP contribution in [0.3, 0.4) is 0 Å². The van der Waals surface area contributed by atoms with Crippen molar-refractivity contribution in [2.45, 2.75) is 71.2 Å². The number of benzene rings is 1. The van der Waals surface area contributed by atoms with E-state index in [4.69, 9.17) is 4.74 Å². The molecule has 4 N–H and O–H groups in total. The lowest BCUT2D eigenvalue weighted by molar-refractivity contribution is -0.145. The summed E-state index contributed by atoms with van der Waals surface area (Å²) in [6.07, 6.45) is 5.91. The van der Waals surface area contributed by atoms with Crippen molar-refractivity contribution in [3.8, 4) is 0 Å². The Kier molecular flexibility index (Phi) is 12.7. The van der Waals surface area contributed by atoms with Gasteiger partial charge in [-0.15, -0.1) is 0 Å². The van der Waals surface area contributed by atoms with Crippen LogP contribution in [0.5, 0.6) is 0 Å². The molecule has 1 aliphatic rings. The Hall–Kier alpha value is -2.94. The summed E-state index contributed by atoms with van der Waals surface area (Å²) in [6, 6.07) is 6.71. The van der Waals surface area contributed by atoms with Crippen molar-refractivity contribution >= 4 is 23.7 Å². The molecule has 1 aromatic rings. The van der Waals surface area contributed by atoms with Gasteiger partial charge in [-0.2, -0.15) is 0 Å². The molecule has 1 saturated carbocycles. The van der Waals surface area contributed by atoms with Crippen molar-refractivity contribution in [1.29, 1.82) is 0 Å². The van der Waals surface area contributed by atoms with E-state index in [1.54, 1.807) is 25.7 Å². The second kappa shape index (κ2) is 15.5. The van der Waals surface area contributed by atoms with Gasteiger partial charge >= 0.3 is 5.97 Å². The molecule has 1 aromatic carbocycles. The van der Waals surface area contributed by atoms with Gasteiger partial charge in [0.25, 0.3) is 0 Å². The summed E-state index contributed by atoms with van der Waals surface area (Å²) in [5, 5.41) is 19.2. The Bertz CT molecular complexity index is 914. The van der Waals surface area contributed by atoms with Gasteiger partial charge in [-0.3, -0.25) is 14.4 Å². The lowest BCUT2D eigenvalue weighted by atomic mass is 9.95. The van der Waals surface area contributed by atoms with Crippen LogP contribution in [0.4, 0.5) is 0 Å². The number of aliphatic hydroxyl groups is 1. The smallest absolute Gasteiger partial charge is 0.328 e. The lowest BCUT2D eigenvalue weighted by Crippen LogP contribution is -2.56. The van der Waals surface area contributed by atoms with Gasteiger partial charge in [-0.25, -0.2) is 4.79 Å². The third kappa shape index (κ3) is 10.1. The third-order valence-corrected chi connectivity index (χ3v) is 6.18. The number of carbonyl (C=O) groups excluding carboxylic acids is 4. The normalized spacial score (nSPS) is 16.9. The first-order chi connectivity index (χ1) is 18.0. The van der Waals surface area contributed by atoms with Gasteiger partial charge < -0.3 is 25.8 Å². The summed E-state index contributed by atoms with van der Waals surface area (Å²) in [4.78, 5) is 50.8. The third-order valence-electron chi connectivity index (χ3n) is 6.18. The van der Waals surface area contributed by atoms with Crippen molar-refractivity contribution in [3.05, 3.63) is 67.5 Å². The highest BCUT2D eigenvalue weighted by molar-refractivity contribution is 5.98. The highest BCUT2D eigenvalue weighted by Crippen LogP contribution is 2.23. The number of ether oxygens (including phenoxy) is 1. The molecule has 3 amide bonds. The summed E-state index contributed by atoms with van der Waals surface area (Å²) in [5.41, 5.74) is 0.845. The van der Waals surface area contributed by atoms with Crippen LogP contribution in [-0.2, 0) is 30.3 Å². The van der Waals surface area contributed by atoms with Crippen molar-refractivity contribution in [3.63, 3.8) is 0 Å². The quantitative estimate of drug-likeness (QED) is 0.273. The fraction of sp³-hybridized carbons (Fsp3) is 0.483. The number of amides is 3. The summed E-state index contributed by atoms with van der Waals surface area (Å²) in [5.74, 6) is -1.60. The van der Waals surface area contributed by atoms with Gasteiger partial charge in [0.2, 0.25) is 17.7 Å². The highest BCUT2D eigenvalue weighted by Gasteiger charge is 2.33. The van der Waals surface area contributed by atoms with E-state index in [0.717, 1.165) is 5.56 Å². The van der Waals surface area contributed by atoms with Crippen LogP contribution in [0.2, 0.25) is 0 Å². The Morgan fingerprint density at radius 3 is 2.11 bits per heavy atom. The van der Waals surface area contributed by atoms with E-state index in [9.17, 15) is 24.3 Å². The minimum atomic E-state index is -1.21. The van der Waals surface area contributed by atoms with Gasteiger partial charge in [0.15, 0.2) is 0 Å². The molecular weight excluding hydrogens is 486 g/mol. The zero-order chi connectivity index (χ0) is 28.2. The van der Waals surface area contributed by atoms with Crippen molar-refractivity contribution < 1.29 is 29.0 Å². The fourth-order valence-corrected chi connectivity index (χ4v) is 4.15. The van der Waals surface area contributed by atoms with Gasteiger partial charge in [-0.1, -0.05) is 58.0 Å². The first kappa shape index (κ1) is 31.3. The van der Waals surface area contributed by atoms with Crippen LogP contribution in [0, 0.1) is 43.4 Å². The largest absolute Gasteiger partial charge is 0.467 e. The molecule has 1 fully saturated rings. The molecule has 0 heterocycles. The van der Waals surface area contributed by atoms with E-state index in [0.29, 0.717) is 12.3 Å². The van der Waals surface area contributed by atoms with E-state index in [2.05, 4.69) is 16.0 Å². The zero-order valence-electron chi connectivity index (χ0n) is 22.8. The van der Waals surface area contributed by atoms with Gasteiger partial charge in [0.05, 0.1) is 31.6 Å². The molecule has 5 radical (unpaired) electrons. The minimum absolute atomic E-state index is 0.107. The summed E-state index contributed by atoms with van der Waals surface area (Å²) in [7, 11) is 1.25. The molecule has 0 saturated heterocycles. The number of hydrogen-bond donors (Lipinski definition) is 4. The van der Waals surface area contributed by atoms with Gasteiger partial charge in [-0.05, 0) is 49.5 Å². The Morgan fingerprint density at radius 1 is 0.921 bits per heavy atom. The number of rotatable bonds is 14. The molecule has 207 valence electrons. The molecule has 0 aliphatic heterocycles. The van der Waals surface area contributed by atoms with Crippen LogP contribution in [-0.4, -0.2) is 60.1 Å². The summed E-state index contributed by atoms with van der Waals surface area (Å²) < 4.78 is 4.84. The average Bonchev–Trinajstić information content (AvgIpc) is 3.41. The highest BCUT2D eigenvalue weighted by atomic mass is 16.5. The van der Waals surface area contributed by atoms with Crippen molar-refractivity contribution in [2.75, 3.05) is 7.11 Å². The predicted octanol–water partition coefficient (Wildman–Crippen LogP) is 1.71. The standard InChI is InChI=1S/C29H40N3O6/c1-18(2)15-22(31-28(36)26(19(3)4)32-27(35)21-13-9-10-14-21)24(33)17-25(34)30-23(29(37)38-5)16-20-11-7-6-8-12-20/h6-14,18-19,22-24,26,33H,15-17H2,1-5H3,(H,30,34)(H,31,36)(H,32,35)/t22-,23-,24-,26-/m0/s1. The maximum absolute atomic E-state index is 13.2. The molecule has 1 aliphatic carbocycles. The van der Waals surface area contributed by atoms with Gasteiger partial charge in [0, 0.05) is 6.42 Å². The summed E-state index contributed by atoms with van der Waals surface area (Å²) in [6.45, 7) is 7.51. The molecule has 0 unspecified atom stereocenters. The lowest BCUT2D eigenvalue weighted by Gasteiger charge is -2.30. The van der Waals surface area contributed by atoms with Crippen LogP contribution < -0.4 is 16.0 Å². The number of aliphatic hydroxyl groups excluding tert-OH is 1. The van der Waals surface area contributed by atoms with E-state index >= 15 is 0 Å². The molecular formula is C29H40N3O6. The van der Waals surface area contributed by atoms with E-state index < -0.39 is 42.0 Å². The fourth-order valence-electron chi connectivity index (χ4n) is 4.15. The number of nitrogens with one attached hydrogen (secondary N) is 3. The van der Waals surface area contributed by atoms with Crippen LogP contribution in [0.25, 0.3) is 0 Å². The maximum atomic E-state index is 13.2. The Labute approximate surface area is 226 Å². The number of hydrogen-bond acceptors (Lipinski definition) is 6. The maximum Gasteiger partial charge on any atom is 0.328 e. The monoisotopic (exact) mass is 526 g/mol. The van der Waals surface area contributed by atoms with Crippen molar-refractivity contribution in [1.82, 2.24) is 16.0 Å². The molecule has 9 nitrogen and oxygen atoms in total. The van der Waals surface area contributed by atoms with E-state index in [1.807, 2.05) is 58.0 Å². The van der Waals surface area contributed by atoms with E-state index in [-0.39, 0.29) is 30.6 Å². The topological polar surface area (TPSA) is 134 Å². The first-order valence-corrected chi connectivity index (χ1v) is 12.9. The molecule has 4 atom stereocenters. The van der Waals surface area contributed by atoms with Crippen LogP contribution in [0.15, 0.2) is 30.3 Å². The van der Waals surface area contributed by atoms with E-state index in [1.165, 1.54) is 7.11 Å². The second-order valence-corrected chi connectivity index (χ2v) is 10.2. The van der Waals surface area contributed by atoms with Crippen LogP contribution >= 0.6 is 0 Å². The average molecular weight is 527 g/mol.